The number of hydrogen-bond donors (Lipinski definition) is 1. The number of amides is 2. The lowest BCUT2D eigenvalue weighted by Gasteiger charge is -2.33. The van der Waals surface area contributed by atoms with Gasteiger partial charge in [-0.2, -0.15) is 5.26 Å². The summed E-state index contributed by atoms with van der Waals surface area (Å²) in [7, 11) is 0. The van der Waals surface area contributed by atoms with Gasteiger partial charge in [0, 0.05) is 36.3 Å². The van der Waals surface area contributed by atoms with Gasteiger partial charge in [0.15, 0.2) is 0 Å². The summed E-state index contributed by atoms with van der Waals surface area (Å²) in [5, 5.41) is 13.0. The second-order valence-corrected chi connectivity index (χ2v) is 7.26. The van der Waals surface area contributed by atoms with Crippen LogP contribution in [0.3, 0.4) is 0 Å². The summed E-state index contributed by atoms with van der Waals surface area (Å²) in [6, 6.07) is 9.08. The number of halogens is 1. The normalized spacial score (nSPS) is 20.8. The molecule has 0 spiro atoms. The molecule has 0 radical (unpaired) electrons. The van der Waals surface area contributed by atoms with Crippen LogP contribution in [0, 0.1) is 11.3 Å². The van der Waals surface area contributed by atoms with Gasteiger partial charge in [0.1, 0.15) is 6.04 Å². The van der Waals surface area contributed by atoms with Crippen LogP contribution >= 0.6 is 11.6 Å². The SMILES string of the molecule is N#CC1CCCN1C(=O)CNC1CCN(C(=O)c2ccc(Cl)cc2)CC1. The van der Waals surface area contributed by atoms with Crippen LogP contribution in [-0.2, 0) is 4.79 Å². The first-order valence-corrected chi connectivity index (χ1v) is 9.43. The minimum atomic E-state index is -0.275. The fraction of sp³-hybridized carbons (Fsp3) is 0.526. The molecule has 1 aromatic rings. The zero-order valence-electron chi connectivity index (χ0n) is 14.7. The summed E-state index contributed by atoms with van der Waals surface area (Å²) >= 11 is 5.86. The zero-order valence-corrected chi connectivity index (χ0v) is 15.4. The lowest BCUT2D eigenvalue weighted by atomic mass is 10.0. The van der Waals surface area contributed by atoms with E-state index >= 15 is 0 Å². The smallest absolute Gasteiger partial charge is 0.253 e. The number of rotatable bonds is 4. The Morgan fingerprint density at radius 2 is 1.85 bits per heavy atom. The summed E-state index contributed by atoms with van der Waals surface area (Å²) in [6.07, 6.45) is 3.30. The van der Waals surface area contributed by atoms with Crippen molar-refractivity contribution in [2.45, 2.75) is 37.8 Å². The Morgan fingerprint density at radius 1 is 1.15 bits per heavy atom. The minimum Gasteiger partial charge on any atom is -0.339 e. The van der Waals surface area contributed by atoms with Crippen LogP contribution < -0.4 is 5.32 Å². The molecule has 2 amide bonds. The number of nitriles is 1. The van der Waals surface area contributed by atoms with Crippen molar-refractivity contribution in [3.8, 4) is 6.07 Å². The molecule has 1 aromatic carbocycles. The first kappa shape index (κ1) is 18.7. The lowest BCUT2D eigenvalue weighted by Crippen LogP contribution is -2.48. The van der Waals surface area contributed by atoms with Gasteiger partial charge in [-0.1, -0.05) is 11.6 Å². The molecule has 7 heteroatoms. The van der Waals surface area contributed by atoms with Gasteiger partial charge in [-0.15, -0.1) is 0 Å². The summed E-state index contributed by atoms with van der Waals surface area (Å²) in [5.41, 5.74) is 0.646. The van der Waals surface area contributed by atoms with Crippen molar-refractivity contribution in [2.75, 3.05) is 26.2 Å². The number of benzene rings is 1. The molecule has 3 rings (SSSR count). The summed E-state index contributed by atoms with van der Waals surface area (Å²) in [5.74, 6) is 0.0128. The molecular formula is C19H23ClN4O2. The molecule has 6 nitrogen and oxygen atoms in total. The standard InChI is InChI=1S/C19H23ClN4O2/c20-15-5-3-14(4-6-15)19(26)23-10-7-16(8-11-23)22-13-18(25)24-9-1-2-17(24)12-21/h3-6,16-17,22H,1-2,7-11,13H2. The van der Waals surface area contributed by atoms with E-state index in [1.54, 1.807) is 29.2 Å². The molecule has 26 heavy (non-hydrogen) atoms. The average Bonchev–Trinajstić information content (AvgIpc) is 3.15. The molecule has 2 aliphatic heterocycles. The molecule has 2 saturated heterocycles. The van der Waals surface area contributed by atoms with E-state index in [-0.39, 0.29) is 30.4 Å². The zero-order chi connectivity index (χ0) is 18.5. The van der Waals surface area contributed by atoms with E-state index in [0.29, 0.717) is 30.2 Å². The predicted octanol–water partition coefficient (Wildman–Crippen LogP) is 2.05. The Hall–Kier alpha value is -2.10. The molecule has 2 fully saturated rings. The third-order valence-corrected chi connectivity index (χ3v) is 5.39. The third-order valence-electron chi connectivity index (χ3n) is 5.14. The van der Waals surface area contributed by atoms with Gasteiger partial charge < -0.3 is 15.1 Å². The Morgan fingerprint density at radius 3 is 2.50 bits per heavy atom. The van der Waals surface area contributed by atoms with Crippen LogP contribution in [0.25, 0.3) is 0 Å². The molecule has 2 aliphatic rings. The third kappa shape index (κ3) is 4.35. The molecular weight excluding hydrogens is 352 g/mol. The summed E-state index contributed by atoms with van der Waals surface area (Å²) in [4.78, 5) is 28.3. The number of nitrogens with one attached hydrogen (secondary N) is 1. The summed E-state index contributed by atoms with van der Waals surface area (Å²) in [6.45, 7) is 2.26. The monoisotopic (exact) mass is 374 g/mol. The molecule has 1 unspecified atom stereocenters. The largest absolute Gasteiger partial charge is 0.339 e. The number of piperidine rings is 1. The fourth-order valence-electron chi connectivity index (χ4n) is 3.59. The lowest BCUT2D eigenvalue weighted by molar-refractivity contribution is -0.130. The summed E-state index contributed by atoms with van der Waals surface area (Å²) < 4.78 is 0. The minimum absolute atomic E-state index is 0.00581. The molecule has 0 aliphatic carbocycles. The first-order valence-electron chi connectivity index (χ1n) is 9.06. The van der Waals surface area contributed by atoms with Crippen LogP contribution in [0.1, 0.15) is 36.0 Å². The molecule has 1 N–H and O–H groups in total. The van der Waals surface area contributed by atoms with Gasteiger partial charge in [0.2, 0.25) is 5.91 Å². The van der Waals surface area contributed by atoms with E-state index < -0.39 is 0 Å². The fourth-order valence-corrected chi connectivity index (χ4v) is 3.72. The van der Waals surface area contributed by atoms with Crippen LogP contribution in [0.2, 0.25) is 5.02 Å². The highest BCUT2D eigenvalue weighted by Crippen LogP contribution is 2.18. The Kier molecular flexibility index (Phi) is 6.12. The van der Waals surface area contributed by atoms with E-state index in [9.17, 15) is 9.59 Å². The molecule has 0 saturated carbocycles. The van der Waals surface area contributed by atoms with E-state index in [4.69, 9.17) is 16.9 Å². The number of likely N-dealkylation sites (tertiary alicyclic amines) is 2. The van der Waals surface area contributed by atoms with Gasteiger partial charge >= 0.3 is 0 Å². The average molecular weight is 375 g/mol. The first-order chi connectivity index (χ1) is 12.6. The van der Waals surface area contributed by atoms with E-state index in [1.807, 2.05) is 4.90 Å². The second kappa shape index (κ2) is 8.52. The number of nitrogens with zero attached hydrogens (tertiary/aromatic N) is 3. The van der Waals surface area contributed by atoms with Gasteiger partial charge in [0.25, 0.3) is 5.91 Å². The van der Waals surface area contributed by atoms with Crippen LogP contribution in [0.4, 0.5) is 0 Å². The second-order valence-electron chi connectivity index (χ2n) is 6.83. The maximum atomic E-state index is 12.5. The molecule has 138 valence electrons. The van der Waals surface area contributed by atoms with Crippen LogP contribution in [-0.4, -0.2) is 59.9 Å². The van der Waals surface area contributed by atoms with Gasteiger partial charge in [-0.25, -0.2) is 0 Å². The Balaban J connectivity index is 1.44. The van der Waals surface area contributed by atoms with Crippen molar-refractivity contribution in [1.82, 2.24) is 15.1 Å². The van der Waals surface area contributed by atoms with Gasteiger partial charge in [-0.05, 0) is 49.9 Å². The predicted molar refractivity (Wildman–Crippen MR) is 98.7 cm³/mol. The highest BCUT2D eigenvalue weighted by Gasteiger charge is 2.29. The van der Waals surface area contributed by atoms with Crippen LogP contribution in [0.5, 0.6) is 0 Å². The Labute approximate surface area is 158 Å². The van der Waals surface area contributed by atoms with Gasteiger partial charge in [-0.3, -0.25) is 9.59 Å². The van der Waals surface area contributed by atoms with Crippen molar-refractivity contribution >= 4 is 23.4 Å². The van der Waals surface area contributed by atoms with Crippen LogP contribution in [0.15, 0.2) is 24.3 Å². The highest BCUT2D eigenvalue weighted by molar-refractivity contribution is 6.30. The Bertz CT molecular complexity index is 692. The number of hydrogen-bond acceptors (Lipinski definition) is 4. The van der Waals surface area contributed by atoms with Crippen molar-refractivity contribution < 1.29 is 9.59 Å². The molecule has 0 bridgehead atoms. The van der Waals surface area contributed by atoms with E-state index in [0.717, 1.165) is 25.7 Å². The molecule has 2 heterocycles. The van der Waals surface area contributed by atoms with E-state index in [1.165, 1.54) is 0 Å². The van der Waals surface area contributed by atoms with Crippen molar-refractivity contribution in [3.63, 3.8) is 0 Å². The highest BCUT2D eigenvalue weighted by atomic mass is 35.5. The maximum absolute atomic E-state index is 12.5. The number of carbonyl (C=O) groups is 2. The number of carbonyl (C=O) groups excluding carboxylic acids is 2. The van der Waals surface area contributed by atoms with Crippen molar-refractivity contribution in [3.05, 3.63) is 34.9 Å². The maximum Gasteiger partial charge on any atom is 0.253 e. The van der Waals surface area contributed by atoms with Gasteiger partial charge in [0.05, 0.1) is 12.6 Å². The van der Waals surface area contributed by atoms with Crippen molar-refractivity contribution in [1.29, 1.82) is 5.26 Å². The molecule has 0 aromatic heterocycles. The quantitative estimate of drug-likeness (QED) is 0.875. The van der Waals surface area contributed by atoms with Crippen molar-refractivity contribution in [2.24, 2.45) is 0 Å². The molecule has 1 atom stereocenters. The topological polar surface area (TPSA) is 76.4 Å². The van der Waals surface area contributed by atoms with E-state index in [2.05, 4.69) is 11.4 Å².